The van der Waals surface area contributed by atoms with Gasteiger partial charge in [0.05, 0.1) is 5.69 Å². The number of nitrogens with zero attached hydrogens (tertiary/aromatic N) is 1. The van der Waals surface area contributed by atoms with Gasteiger partial charge in [-0.3, -0.25) is 19.7 Å². The number of urea groups is 1. The SMILES string of the molecule is Cc1ccc(N2C(=O)NC(=O)/C(=C\c3cccc(OCC(=O)Nc4ccccc4)c3)C2=O)cc1Cl. The van der Waals surface area contributed by atoms with Crippen molar-refractivity contribution in [3.63, 3.8) is 0 Å². The van der Waals surface area contributed by atoms with Crippen molar-refractivity contribution in [3.8, 4) is 5.75 Å². The highest BCUT2D eigenvalue weighted by atomic mass is 35.5. The van der Waals surface area contributed by atoms with Crippen molar-refractivity contribution in [2.45, 2.75) is 6.92 Å². The summed E-state index contributed by atoms with van der Waals surface area (Å²) in [4.78, 5) is 50.9. The Morgan fingerprint density at radius 2 is 1.80 bits per heavy atom. The van der Waals surface area contributed by atoms with E-state index in [9.17, 15) is 19.2 Å². The van der Waals surface area contributed by atoms with Crippen LogP contribution in [-0.2, 0) is 14.4 Å². The molecule has 0 spiro atoms. The molecule has 176 valence electrons. The summed E-state index contributed by atoms with van der Waals surface area (Å²) in [5.41, 5.74) is 1.90. The topological polar surface area (TPSA) is 105 Å². The van der Waals surface area contributed by atoms with Gasteiger partial charge in [0.2, 0.25) is 0 Å². The number of benzene rings is 3. The molecular formula is C26H20ClN3O5. The molecule has 1 saturated heterocycles. The van der Waals surface area contributed by atoms with Gasteiger partial charge < -0.3 is 10.1 Å². The molecule has 5 amide bonds. The number of anilines is 2. The lowest BCUT2D eigenvalue weighted by molar-refractivity contribution is -0.122. The number of carbonyl (C=O) groups is 4. The lowest BCUT2D eigenvalue weighted by atomic mass is 10.1. The summed E-state index contributed by atoms with van der Waals surface area (Å²) in [6.07, 6.45) is 1.35. The number of halogens is 1. The number of amides is 5. The van der Waals surface area contributed by atoms with Crippen LogP contribution in [0.4, 0.5) is 16.2 Å². The Hall–Kier alpha value is -4.43. The number of ether oxygens (including phenoxy) is 1. The second kappa shape index (κ2) is 10.2. The Balaban J connectivity index is 1.51. The minimum atomic E-state index is -0.862. The van der Waals surface area contributed by atoms with Crippen LogP contribution < -0.4 is 20.3 Å². The maximum Gasteiger partial charge on any atom is 0.335 e. The summed E-state index contributed by atoms with van der Waals surface area (Å²) in [5, 5.41) is 5.27. The third-order valence-corrected chi connectivity index (χ3v) is 5.52. The van der Waals surface area contributed by atoms with Gasteiger partial charge in [-0.2, -0.15) is 0 Å². The quantitative estimate of drug-likeness (QED) is 0.396. The fourth-order valence-electron chi connectivity index (χ4n) is 3.34. The van der Waals surface area contributed by atoms with Crippen molar-refractivity contribution in [1.82, 2.24) is 5.32 Å². The molecule has 35 heavy (non-hydrogen) atoms. The van der Waals surface area contributed by atoms with Crippen molar-refractivity contribution >= 4 is 52.8 Å². The first-order valence-corrected chi connectivity index (χ1v) is 10.9. The molecule has 3 aromatic carbocycles. The Kier molecular flexibility index (Phi) is 6.93. The highest BCUT2D eigenvalue weighted by Gasteiger charge is 2.37. The molecule has 1 fully saturated rings. The smallest absolute Gasteiger partial charge is 0.335 e. The first-order valence-electron chi connectivity index (χ1n) is 10.6. The van der Waals surface area contributed by atoms with E-state index in [1.807, 2.05) is 6.07 Å². The van der Waals surface area contributed by atoms with Gasteiger partial charge in [0.1, 0.15) is 11.3 Å². The summed E-state index contributed by atoms with van der Waals surface area (Å²) < 4.78 is 5.55. The zero-order chi connectivity index (χ0) is 24.9. The predicted molar refractivity (Wildman–Crippen MR) is 132 cm³/mol. The van der Waals surface area contributed by atoms with Crippen molar-refractivity contribution in [2.24, 2.45) is 0 Å². The summed E-state index contributed by atoms with van der Waals surface area (Å²) in [5.74, 6) is -1.58. The molecule has 0 aromatic heterocycles. The zero-order valence-corrected chi connectivity index (χ0v) is 19.3. The normalized spacial score (nSPS) is 14.6. The van der Waals surface area contributed by atoms with Gasteiger partial charge in [-0.1, -0.05) is 48.0 Å². The lowest BCUT2D eigenvalue weighted by Crippen LogP contribution is -2.54. The Bertz CT molecular complexity index is 1350. The van der Waals surface area contributed by atoms with Crippen LogP contribution in [0.15, 0.2) is 78.4 Å². The fraction of sp³-hybridized carbons (Fsp3) is 0.0769. The molecule has 9 heteroatoms. The predicted octanol–water partition coefficient (Wildman–Crippen LogP) is 4.33. The standard InChI is InChI=1S/C26H20ClN3O5/c1-16-10-11-19(14-22(16)27)30-25(33)21(24(32)29-26(30)34)13-17-6-5-9-20(12-17)35-15-23(31)28-18-7-3-2-4-8-18/h2-14H,15H2,1H3,(H,28,31)(H,29,32,34)/b21-13+. The molecule has 2 N–H and O–H groups in total. The Morgan fingerprint density at radius 1 is 1.03 bits per heavy atom. The van der Waals surface area contributed by atoms with E-state index in [0.717, 1.165) is 10.5 Å². The third kappa shape index (κ3) is 5.56. The number of nitrogens with one attached hydrogen (secondary N) is 2. The molecule has 1 aliphatic rings. The molecule has 8 nitrogen and oxygen atoms in total. The van der Waals surface area contributed by atoms with E-state index in [1.54, 1.807) is 67.6 Å². The second-order valence-electron chi connectivity index (χ2n) is 7.67. The number of para-hydroxylation sites is 1. The van der Waals surface area contributed by atoms with Crippen LogP contribution in [0.2, 0.25) is 5.02 Å². The van der Waals surface area contributed by atoms with Gasteiger partial charge >= 0.3 is 6.03 Å². The highest BCUT2D eigenvalue weighted by Crippen LogP contribution is 2.27. The van der Waals surface area contributed by atoms with Gasteiger partial charge in [-0.05, 0) is 60.5 Å². The first kappa shape index (κ1) is 23.7. The van der Waals surface area contributed by atoms with Crippen LogP contribution >= 0.6 is 11.6 Å². The first-order chi connectivity index (χ1) is 16.8. The minimum absolute atomic E-state index is 0.231. The lowest BCUT2D eigenvalue weighted by Gasteiger charge is -2.26. The molecule has 0 unspecified atom stereocenters. The van der Waals surface area contributed by atoms with Crippen LogP contribution in [-0.4, -0.2) is 30.4 Å². The molecular weight excluding hydrogens is 470 g/mol. The van der Waals surface area contributed by atoms with Gasteiger partial charge in [0, 0.05) is 10.7 Å². The van der Waals surface area contributed by atoms with E-state index in [1.165, 1.54) is 12.1 Å². The molecule has 0 radical (unpaired) electrons. The van der Waals surface area contributed by atoms with Crippen molar-refractivity contribution in [3.05, 3.63) is 94.5 Å². The number of barbiturate groups is 1. The molecule has 1 aliphatic heterocycles. The Morgan fingerprint density at radius 3 is 2.54 bits per heavy atom. The van der Waals surface area contributed by atoms with Crippen LogP contribution in [0.3, 0.4) is 0 Å². The largest absolute Gasteiger partial charge is 0.484 e. The van der Waals surface area contributed by atoms with Gasteiger partial charge in [-0.15, -0.1) is 0 Å². The summed E-state index contributed by atoms with van der Waals surface area (Å²) in [6.45, 7) is 1.56. The van der Waals surface area contributed by atoms with Gasteiger partial charge in [0.15, 0.2) is 6.61 Å². The molecule has 0 atom stereocenters. The number of hydrogen-bond donors (Lipinski definition) is 2. The van der Waals surface area contributed by atoms with Gasteiger partial charge in [0.25, 0.3) is 17.7 Å². The zero-order valence-electron chi connectivity index (χ0n) is 18.6. The minimum Gasteiger partial charge on any atom is -0.484 e. The van der Waals surface area contributed by atoms with E-state index in [2.05, 4.69) is 10.6 Å². The van der Waals surface area contributed by atoms with Gasteiger partial charge in [-0.25, -0.2) is 9.69 Å². The van der Waals surface area contributed by atoms with Crippen molar-refractivity contribution in [1.29, 1.82) is 0 Å². The van der Waals surface area contributed by atoms with Crippen LogP contribution in [0.1, 0.15) is 11.1 Å². The summed E-state index contributed by atoms with van der Waals surface area (Å²) in [7, 11) is 0. The fourth-order valence-corrected chi connectivity index (χ4v) is 3.52. The highest BCUT2D eigenvalue weighted by molar-refractivity contribution is 6.39. The van der Waals surface area contributed by atoms with E-state index in [0.29, 0.717) is 22.0 Å². The number of aryl methyl sites for hydroxylation is 1. The van der Waals surface area contributed by atoms with Crippen LogP contribution in [0.5, 0.6) is 5.75 Å². The van der Waals surface area contributed by atoms with E-state index < -0.39 is 17.8 Å². The maximum atomic E-state index is 13.1. The second-order valence-corrected chi connectivity index (χ2v) is 8.07. The number of hydrogen-bond acceptors (Lipinski definition) is 5. The third-order valence-electron chi connectivity index (χ3n) is 5.11. The molecule has 3 aromatic rings. The van der Waals surface area contributed by atoms with E-state index >= 15 is 0 Å². The molecule has 1 heterocycles. The monoisotopic (exact) mass is 489 g/mol. The Labute approximate surface area is 206 Å². The number of rotatable bonds is 6. The number of carbonyl (C=O) groups excluding carboxylic acids is 4. The molecule has 0 bridgehead atoms. The molecule has 0 saturated carbocycles. The van der Waals surface area contributed by atoms with Crippen LogP contribution in [0.25, 0.3) is 6.08 Å². The van der Waals surface area contributed by atoms with E-state index in [4.69, 9.17) is 16.3 Å². The average Bonchev–Trinajstić information content (AvgIpc) is 2.83. The van der Waals surface area contributed by atoms with E-state index in [-0.39, 0.29) is 23.8 Å². The van der Waals surface area contributed by atoms with Crippen molar-refractivity contribution < 1.29 is 23.9 Å². The van der Waals surface area contributed by atoms with Crippen LogP contribution in [0, 0.1) is 6.92 Å². The number of imide groups is 2. The van der Waals surface area contributed by atoms with Crippen molar-refractivity contribution in [2.75, 3.05) is 16.8 Å². The molecule has 4 rings (SSSR count). The maximum absolute atomic E-state index is 13.1. The summed E-state index contributed by atoms with van der Waals surface area (Å²) in [6, 6.07) is 19.4. The molecule has 0 aliphatic carbocycles. The average molecular weight is 490 g/mol. The summed E-state index contributed by atoms with van der Waals surface area (Å²) >= 11 is 6.14.